The number of ether oxygens (including phenoxy) is 1. The Morgan fingerprint density at radius 2 is 2.12 bits per heavy atom. The molecule has 134 valence electrons. The first-order valence-corrected chi connectivity index (χ1v) is 8.71. The van der Waals surface area contributed by atoms with Crippen molar-refractivity contribution in [1.29, 1.82) is 0 Å². The zero-order valence-electron chi connectivity index (χ0n) is 14.3. The minimum atomic E-state index is -0.324. The van der Waals surface area contributed by atoms with E-state index in [-0.39, 0.29) is 12.5 Å². The Morgan fingerprint density at radius 3 is 2.75 bits per heavy atom. The molecule has 9 heteroatoms. The second-order valence-corrected chi connectivity index (χ2v) is 6.57. The van der Waals surface area contributed by atoms with Crippen LogP contribution in [0.25, 0.3) is 0 Å². The second kappa shape index (κ2) is 8.64. The number of halogens is 1. The average Bonchev–Trinajstić information content (AvgIpc) is 2.76. The van der Waals surface area contributed by atoms with Crippen LogP contribution >= 0.6 is 23.8 Å². The van der Waals surface area contributed by atoms with Gasteiger partial charge < -0.3 is 15.0 Å². The fourth-order valence-corrected chi connectivity index (χ4v) is 3.23. The highest BCUT2D eigenvalue weighted by Crippen LogP contribution is 2.21. The zero-order valence-corrected chi connectivity index (χ0v) is 15.9. The van der Waals surface area contributed by atoms with E-state index >= 15 is 0 Å². The molecule has 0 aromatic carbocycles. The molecule has 0 atom stereocenters. The molecule has 0 unspecified atom stereocenters. The average molecular weight is 374 g/mol. The van der Waals surface area contributed by atoms with Gasteiger partial charge in [-0.2, -0.15) is 5.10 Å². The highest BCUT2D eigenvalue weighted by atomic mass is 35.5. The normalized spacial score (nSPS) is 15.9. The van der Waals surface area contributed by atoms with Gasteiger partial charge in [0.25, 0.3) is 0 Å². The smallest absolute Gasteiger partial charge is 0.325 e. The van der Waals surface area contributed by atoms with Crippen molar-refractivity contribution in [3.63, 3.8) is 0 Å². The van der Waals surface area contributed by atoms with Gasteiger partial charge >= 0.3 is 5.97 Å². The van der Waals surface area contributed by atoms with Crippen molar-refractivity contribution in [2.45, 2.75) is 19.9 Å². The van der Waals surface area contributed by atoms with E-state index in [2.05, 4.69) is 25.0 Å². The molecular formula is C15H24ClN5O2S. The molecule has 7 nitrogen and oxygen atoms in total. The molecule has 1 aliphatic heterocycles. The molecule has 1 saturated heterocycles. The second-order valence-electron chi connectivity index (χ2n) is 5.83. The molecule has 1 fully saturated rings. The van der Waals surface area contributed by atoms with Crippen LogP contribution in [0.4, 0.5) is 0 Å². The fourth-order valence-electron chi connectivity index (χ4n) is 2.74. The summed E-state index contributed by atoms with van der Waals surface area (Å²) in [6.45, 7) is 6.39. The quantitative estimate of drug-likeness (QED) is 0.622. The van der Waals surface area contributed by atoms with Crippen LogP contribution in [0.15, 0.2) is 0 Å². The molecule has 0 saturated carbocycles. The van der Waals surface area contributed by atoms with E-state index in [4.69, 9.17) is 23.8 Å². The molecule has 2 heterocycles. The van der Waals surface area contributed by atoms with Gasteiger partial charge in [-0.25, -0.2) is 0 Å². The summed E-state index contributed by atoms with van der Waals surface area (Å²) < 4.78 is 6.32. The largest absolute Gasteiger partial charge is 0.468 e. The molecule has 1 aromatic rings. The highest BCUT2D eigenvalue weighted by molar-refractivity contribution is 7.80. The third-order valence-corrected chi connectivity index (χ3v) is 5.01. The van der Waals surface area contributed by atoms with Crippen molar-refractivity contribution in [2.24, 2.45) is 7.05 Å². The van der Waals surface area contributed by atoms with Crippen molar-refractivity contribution >= 4 is 34.9 Å². The van der Waals surface area contributed by atoms with Crippen molar-refractivity contribution in [2.75, 3.05) is 39.8 Å². The van der Waals surface area contributed by atoms with Gasteiger partial charge in [0.05, 0.1) is 12.8 Å². The van der Waals surface area contributed by atoms with Crippen molar-refractivity contribution in [3.8, 4) is 0 Å². The third-order valence-electron chi connectivity index (χ3n) is 4.14. The lowest BCUT2D eigenvalue weighted by Crippen LogP contribution is -2.43. The number of esters is 1. The summed E-state index contributed by atoms with van der Waals surface area (Å²) in [7, 11) is 3.22. The molecule has 0 radical (unpaired) electrons. The highest BCUT2D eigenvalue weighted by Gasteiger charge is 2.20. The van der Waals surface area contributed by atoms with Crippen molar-refractivity contribution in [1.82, 2.24) is 24.9 Å². The first-order chi connectivity index (χ1) is 11.4. The number of carbonyl (C=O) groups is 1. The van der Waals surface area contributed by atoms with E-state index in [0.29, 0.717) is 10.3 Å². The lowest BCUT2D eigenvalue weighted by atomic mass is 10.2. The third kappa shape index (κ3) is 4.81. The number of hydrogen-bond acceptors (Lipinski definition) is 5. The molecule has 1 aromatic heterocycles. The Bertz CT molecular complexity index is 607. The molecule has 0 bridgehead atoms. The van der Waals surface area contributed by atoms with Gasteiger partial charge in [-0.1, -0.05) is 11.6 Å². The van der Waals surface area contributed by atoms with Gasteiger partial charge in [-0.15, -0.1) is 0 Å². The Kier molecular flexibility index (Phi) is 6.82. The Morgan fingerprint density at radius 1 is 1.38 bits per heavy atom. The summed E-state index contributed by atoms with van der Waals surface area (Å²) in [6, 6.07) is 0. The van der Waals surface area contributed by atoms with Crippen molar-refractivity contribution in [3.05, 3.63) is 16.4 Å². The van der Waals surface area contributed by atoms with E-state index in [1.807, 2.05) is 14.0 Å². The van der Waals surface area contributed by atoms with Gasteiger partial charge in [-0.3, -0.25) is 14.4 Å². The SMILES string of the molecule is COC(=O)CNC(=S)N1CCCN(Cc2c(C)nn(C)c2Cl)CC1. The molecule has 1 aliphatic rings. The van der Waals surface area contributed by atoms with Gasteiger partial charge in [0.15, 0.2) is 5.11 Å². The van der Waals surface area contributed by atoms with Crippen molar-refractivity contribution < 1.29 is 9.53 Å². The van der Waals surface area contributed by atoms with Gasteiger partial charge in [0.2, 0.25) is 0 Å². The first-order valence-electron chi connectivity index (χ1n) is 7.92. The number of nitrogens with zero attached hydrogens (tertiary/aromatic N) is 4. The van der Waals surface area contributed by atoms with Crippen LogP contribution in [-0.2, 0) is 23.1 Å². The minimum Gasteiger partial charge on any atom is -0.468 e. The van der Waals surface area contributed by atoms with Crippen LogP contribution in [0.2, 0.25) is 5.15 Å². The van der Waals surface area contributed by atoms with Crippen LogP contribution in [0.1, 0.15) is 17.7 Å². The number of hydrogen-bond donors (Lipinski definition) is 1. The molecule has 0 spiro atoms. The first kappa shape index (κ1) is 19.0. The number of aryl methyl sites for hydroxylation is 2. The summed E-state index contributed by atoms with van der Waals surface area (Å²) in [4.78, 5) is 15.6. The lowest BCUT2D eigenvalue weighted by Gasteiger charge is -2.24. The fraction of sp³-hybridized carbons (Fsp3) is 0.667. The van der Waals surface area contributed by atoms with E-state index in [1.165, 1.54) is 7.11 Å². The molecule has 0 aliphatic carbocycles. The van der Waals surface area contributed by atoms with E-state index < -0.39 is 0 Å². The minimum absolute atomic E-state index is 0.0973. The number of aromatic nitrogens is 2. The van der Waals surface area contributed by atoms with Gasteiger partial charge in [-0.05, 0) is 25.6 Å². The molecule has 1 N–H and O–H groups in total. The van der Waals surface area contributed by atoms with Crippen LogP contribution in [-0.4, -0.2) is 70.5 Å². The number of carbonyl (C=O) groups excluding carboxylic acids is 1. The Labute approximate surface area is 152 Å². The maximum atomic E-state index is 11.2. The molecule has 24 heavy (non-hydrogen) atoms. The standard InChI is InChI=1S/C15H24ClN5O2S/c1-11-12(14(16)19(2)18-11)10-20-5-4-6-21(8-7-20)15(24)17-9-13(22)23-3/h4-10H2,1-3H3,(H,17,24). The predicted octanol–water partition coefficient (Wildman–Crippen LogP) is 0.937. The van der Waals surface area contributed by atoms with Gasteiger partial charge in [0, 0.05) is 45.3 Å². The maximum Gasteiger partial charge on any atom is 0.325 e. The number of rotatable bonds is 4. The number of methoxy groups -OCH3 is 1. The Hall–Kier alpha value is -1.38. The number of thiocarbonyl (C=S) groups is 1. The van der Waals surface area contributed by atoms with Crippen LogP contribution in [0.5, 0.6) is 0 Å². The molecule has 0 amide bonds. The van der Waals surface area contributed by atoms with E-state index in [0.717, 1.165) is 50.4 Å². The van der Waals surface area contributed by atoms with E-state index in [9.17, 15) is 4.79 Å². The molecular weight excluding hydrogens is 350 g/mol. The Balaban J connectivity index is 1.88. The van der Waals surface area contributed by atoms with Crippen LogP contribution in [0.3, 0.4) is 0 Å². The zero-order chi connectivity index (χ0) is 17.7. The molecule has 2 rings (SSSR count). The van der Waals surface area contributed by atoms with Gasteiger partial charge in [0.1, 0.15) is 11.7 Å². The summed E-state index contributed by atoms with van der Waals surface area (Å²) in [6.07, 6.45) is 0.997. The summed E-state index contributed by atoms with van der Waals surface area (Å²) >= 11 is 11.7. The summed E-state index contributed by atoms with van der Waals surface area (Å²) in [5.41, 5.74) is 2.05. The van der Waals surface area contributed by atoms with E-state index in [1.54, 1.807) is 4.68 Å². The van der Waals surface area contributed by atoms with Crippen LogP contribution < -0.4 is 5.32 Å². The lowest BCUT2D eigenvalue weighted by molar-refractivity contribution is -0.139. The topological polar surface area (TPSA) is 62.6 Å². The number of nitrogens with one attached hydrogen (secondary N) is 1. The summed E-state index contributed by atoms with van der Waals surface area (Å²) in [5, 5.41) is 8.60. The monoisotopic (exact) mass is 373 g/mol. The maximum absolute atomic E-state index is 11.2. The summed E-state index contributed by atoms with van der Waals surface area (Å²) in [5.74, 6) is -0.324. The predicted molar refractivity (Wildman–Crippen MR) is 97.0 cm³/mol. The van der Waals surface area contributed by atoms with Crippen LogP contribution in [0, 0.1) is 6.92 Å².